The number of allylic oxidation sites excluding steroid dienone is 1. The van der Waals surface area contributed by atoms with E-state index in [1.165, 1.54) is 15.8 Å². The van der Waals surface area contributed by atoms with E-state index < -0.39 is 21.4 Å². The lowest BCUT2D eigenvalue weighted by Gasteiger charge is -2.34. The van der Waals surface area contributed by atoms with Crippen LogP contribution in [0.15, 0.2) is 78.6 Å². The Balaban J connectivity index is 1.54. The molecular formula is C24H19N3O5S. The third kappa shape index (κ3) is 3.82. The number of Topliss-reactive ketones (excluding diaryl/α,β-unsaturated/α-hetero) is 1. The van der Waals surface area contributed by atoms with Gasteiger partial charge in [0.1, 0.15) is 5.70 Å². The highest BCUT2D eigenvalue weighted by molar-refractivity contribution is 7.86. The molecule has 0 saturated heterocycles. The molecule has 0 spiro atoms. The van der Waals surface area contributed by atoms with Gasteiger partial charge in [-0.2, -0.15) is 13.8 Å². The Labute approximate surface area is 189 Å². The first-order valence-corrected chi connectivity index (χ1v) is 11.6. The largest absolute Gasteiger partial charge is 0.358 e. The third-order valence-electron chi connectivity index (χ3n) is 5.74. The molecule has 0 bridgehead atoms. The summed E-state index contributed by atoms with van der Waals surface area (Å²) in [5, 5.41) is 10.2. The number of hydrogen-bond acceptors (Lipinski definition) is 7. The van der Waals surface area contributed by atoms with Crippen LogP contribution in [0.2, 0.25) is 0 Å². The Kier molecular flexibility index (Phi) is 5.09. The summed E-state index contributed by atoms with van der Waals surface area (Å²) in [7, 11) is -4.49. The lowest BCUT2D eigenvalue weighted by molar-refractivity contribution is -0.129. The minimum atomic E-state index is -4.49. The van der Waals surface area contributed by atoms with Crippen LogP contribution in [0.3, 0.4) is 0 Å². The average Bonchev–Trinajstić information content (AvgIpc) is 2.82. The van der Waals surface area contributed by atoms with E-state index in [9.17, 15) is 22.6 Å². The summed E-state index contributed by atoms with van der Waals surface area (Å²) in [6, 6.07) is 22.3. The van der Waals surface area contributed by atoms with E-state index in [1.54, 1.807) is 0 Å². The zero-order valence-electron chi connectivity index (χ0n) is 17.2. The van der Waals surface area contributed by atoms with Gasteiger partial charge in [-0.25, -0.2) is 0 Å². The normalized spacial score (nSPS) is 16.6. The number of hydrogen-bond donors (Lipinski definition) is 3. The molecular weight excluding hydrogens is 442 g/mol. The van der Waals surface area contributed by atoms with Crippen LogP contribution in [-0.2, 0) is 26.3 Å². The molecule has 4 aromatic carbocycles. The second kappa shape index (κ2) is 7.96. The van der Waals surface area contributed by atoms with E-state index in [-0.39, 0.29) is 18.5 Å². The van der Waals surface area contributed by atoms with Crippen molar-refractivity contribution in [1.29, 1.82) is 0 Å². The van der Waals surface area contributed by atoms with Crippen molar-refractivity contribution in [2.24, 2.45) is 0 Å². The van der Waals surface area contributed by atoms with Crippen LogP contribution in [0.25, 0.3) is 32.3 Å². The lowest BCUT2D eigenvalue weighted by atomic mass is 9.96. The molecule has 0 aliphatic carbocycles. The predicted octanol–water partition coefficient (Wildman–Crippen LogP) is 2.84. The molecule has 1 heterocycles. The SMILES string of the molecule is O=CC(=O)C1=CNC(S(=O)(=O)O)NN1Cc1ccc2c(ccc3c4ccccc4ccc23)c1. The van der Waals surface area contributed by atoms with Gasteiger partial charge in [-0.05, 0) is 43.9 Å². The van der Waals surface area contributed by atoms with Crippen LogP contribution >= 0.6 is 0 Å². The summed E-state index contributed by atoms with van der Waals surface area (Å²) < 4.78 is 32.4. The van der Waals surface area contributed by atoms with E-state index in [4.69, 9.17) is 0 Å². The molecule has 0 radical (unpaired) electrons. The number of carbonyl (C=O) groups is 2. The zero-order valence-corrected chi connectivity index (χ0v) is 18.0. The Morgan fingerprint density at radius 2 is 1.61 bits per heavy atom. The number of fused-ring (bicyclic) bond motifs is 5. The molecule has 1 aliphatic heterocycles. The molecule has 9 heteroatoms. The van der Waals surface area contributed by atoms with Crippen LogP contribution in [-0.4, -0.2) is 35.5 Å². The van der Waals surface area contributed by atoms with Crippen molar-refractivity contribution >= 4 is 54.5 Å². The fourth-order valence-corrected chi connectivity index (χ4v) is 4.69. The van der Waals surface area contributed by atoms with E-state index in [1.807, 2.05) is 36.4 Å². The first-order valence-electron chi connectivity index (χ1n) is 10.1. The number of nitrogens with zero attached hydrogens (tertiary/aromatic N) is 1. The Morgan fingerprint density at radius 3 is 2.33 bits per heavy atom. The molecule has 0 saturated carbocycles. The molecule has 3 N–H and O–H groups in total. The van der Waals surface area contributed by atoms with Crippen molar-refractivity contribution < 1.29 is 22.6 Å². The fourth-order valence-electron chi connectivity index (χ4n) is 4.19. The number of rotatable bonds is 5. The molecule has 4 aromatic rings. The van der Waals surface area contributed by atoms with Crippen molar-refractivity contribution in [3.8, 4) is 0 Å². The lowest BCUT2D eigenvalue weighted by Crippen LogP contribution is -2.57. The maximum absolute atomic E-state index is 12.0. The number of carbonyl (C=O) groups excluding carboxylic acids is 2. The van der Waals surface area contributed by atoms with Gasteiger partial charge in [0.2, 0.25) is 11.3 Å². The molecule has 1 unspecified atom stereocenters. The fraction of sp³-hybridized carbons (Fsp3) is 0.0833. The van der Waals surface area contributed by atoms with Crippen LogP contribution in [0.1, 0.15) is 5.56 Å². The minimum Gasteiger partial charge on any atom is -0.358 e. The number of ketones is 1. The van der Waals surface area contributed by atoms with Gasteiger partial charge in [-0.3, -0.25) is 19.2 Å². The van der Waals surface area contributed by atoms with Gasteiger partial charge in [-0.15, -0.1) is 0 Å². The molecule has 0 amide bonds. The molecule has 1 aliphatic rings. The monoisotopic (exact) mass is 461 g/mol. The molecule has 33 heavy (non-hydrogen) atoms. The summed E-state index contributed by atoms with van der Waals surface area (Å²) in [5.41, 5.74) is 1.71. The van der Waals surface area contributed by atoms with E-state index >= 15 is 0 Å². The molecule has 0 fully saturated rings. The van der Waals surface area contributed by atoms with Crippen LogP contribution in [0, 0.1) is 0 Å². The quantitative estimate of drug-likeness (QED) is 0.180. The Hall–Kier alpha value is -3.79. The van der Waals surface area contributed by atoms with Gasteiger partial charge >= 0.3 is 10.1 Å². The van der Waals surface area contributed by atoms with Gasteiger partial charge in [0.15, 0.2) is 6.29 Å². The van der Waals surface area contributed by atoms with Gasteiger partial charge in [0.25, 0.3) is 0 Å². The molecule has 1 atom stereocenters. The second-order valence-corrected chi connectivity index (χ2v) is 9.29. The number of hydrazine groups is 1. The summed E-state index contributed by atoms with van der Waals surface area (Å²) in [5.74, 6) is -0.831. The smallest absolute Gasteiger partial charge is 0.301 e. The Bertz CT molecular complexity index is 1580. The van der Waals surface area contributed by atoms with E-state index in [0.717, 1.165) is 33.3 Å². The zero-order chi connectivity index (χ0) is 23.2. The average molecular weight is 461 g/mol. The van der Waals surface area contributed by atoms with Gasteiger partial charge in [0, 0.05) is 6.20 Å². The van der Waals surface area contributed by atoms with E-state index in [2.05, 4.69) is 41.1 Å². The van der Waals surface area contributed by atoms with Crippen molar-refractivity contribution in [3.63, 3.8) is 0 Å². The maximum Gasteiger partial charge on any atom is 0.301 e. The highest BCUT2D eigenvalue weighted by atomic mass is 32.2. The van der Waals surface area contributed by atoms with Crippen molar-refractivity contribution in [3.05, 3.63) is 84.2 Å². The third-order valence-corrected chi connectivity index (χ3v) is 6.58. The van der Waals surface area contributed by atoms with Gasteiger partial charge < -0.3 is 5.32 Å². The van der Waals surface area contributed by atoms with Crippen LogP contribution in [0.5, 0.6) is 0 Å². The van der Waals surface area contributed by atoms with Crippen LogP contribution in [0.4, 0.5) is 0 Å². The second-order valence-electron chi connectivity index (χ2n) is 7.79. The standard InChI is InChI=1S/C24H19N3O5S/c28-14-23(29)22-12-25-24(33(30,31)32)26-27(22)13-15-5-8-19-17(11-15)7-10-20-18-4-2-1-3-16(18)6-9-21(19)20/h1-12,14,24-26H,13H2,(H,30,31,32). The highest BCUT2D eigenvalue weighted by Gasteiger charge is 2.31. The van der Waals surface area contributed by atoms with Gasteiger partial charge in [-0.1, -0.05) is 60.7 Å². The summed E-state index contributed by atoms with van der Waals surface area (Å²) in [6.45, 7) is 0.0881. The first kappa shape index (κ1) is 21.1. The summed E-state index contributed by atoms with van der Waals surface area (Å²) in [6.07, 6.45) is 1.25. The molecule has 5 rings (SSSR count). The number of nitrogens with one attached hydrogen (secondary N) is 2. The predicted molar refractivity (Wildman–Crippen MR) is 125 cm³/mol. The first-order chi connectivity index (χ1) is 15.8. The number of benzene rings is 4. The van der Waals surface area contributed by atoms with Gasteiger partial charge in [0.05, 0.1) is 6.54 Å². The summed E-state index contributed by atoms with van der Waals surface area (Å²) >= 11 is 0. The maximum atomic E-state index is 12.0. The van der Waals surface area contributed by atoms with Crippen LogP contribution < -0.4 is 10.7 Å². The molecule has 8 nitrogen and oxygen atoms in total. The Morgan fingerprint density at radius 1 is 0.939 bits per heavy atom. The topological polar surface area (TPSA) is 116 Å². The molecule has 0 aromatic heterocycles. The van der Waals surface area contributed by atoms with E-state index in [0.29, 0.717) is 0 Å². The van der Waals surface area contributed by atoms with Crippen molar-refractivity contribution in [2.45, 2.75) is 12.0 Å². The minimum absolute atomic E-state index is 0.0602. The summed E-state index contributed by atoms with van der Waals surface area (Å²) in [4.78, 5) is 23.1. The number of aldehydes is 1. The molecule has 166 valence electrons. The van der Waals surface area contributed by atoms with Crippen molar-refractivity contribution in [1.82, 2.24) is 15.8 Å². The van der Waals surface area contributed by atoms with Crippen molar-refractivity contribution in [2.75, 3.05) is 0 Å². The highest BCUT2D eigenvalue weighted by Crippen LogP contribution is 2.32.